The fourth-order valence-electron chi connectivity index (χ4n) is 2.57. The molecule has 0 saturated carbocycles. The molecule has 0 spiro atoms. The summed E-state index contributed by atoms with van der Waals surface area (Å²) >= 11 is 0. The van der Waals surface area contributed by atoms with E-state index in [1.807, 2.05) is 31.2 Å². The van der Waals surface area contributed by atoms with Gasteiger partial charge in [0.25, 0.3) is 5.56 Å². The van der Waals surface area contributed by atoms with Gasteiger partial charge in [-0.2, -0.15) is 0 Å². The van der Waals surface area contributed by atoms with Crippen LogP contribution in [0.25, 0.3) is 17.3 Å². The minimum Gasteiger partial charge on any atom is -0.298 e. The van der Waals surface area contributed by atoms with Gasteiger partial charge in [-0.05, 0) is 42.8 Å². The molecule has 1 N–H and O–H groups in total. The summed E-state index contributed by atoms with van der Waals surface area (Å²) in [5.41, 5.74) is 2.59. The number of hydrogen-bond acceptors (Lipinski definition) is 4. The quantitative estimate of drug-likeness (QED) is 0.646. The second kappa shape index (κ2) is 8.93. The van der Waals surface area contributed by atoms with Crippen LogP contribution < -0.4 is 10.3 Å². The third kappa shape index (κ3) is 5.94. The van der Waals surface area contributed by atoms with E-state index in [4.69, 9.17) is 0 Å². The van der Waals surface area contributed by atoms with Gasteiger partial charge in [0.1, 0.15) is 5.82 Å². The van der Waals surface area contributed by atoms with Crippen LogP contribution >= 0.6 is 0 Å². The van der Waals surface area contributed by atoms with Gasteiger partial charge in [0.15, 0.2) is 0 Å². The van der Waals surface area contributed by atoms with Crippen LogP contribution in [0.4, 0.5) is 4.39 Å². The van der Waals surface area contributed by atoms with E-state index in [1.54, 1.807) is 0 Å². The molecular formula is C21H20FN3O3S. The summed E-state index contributed by atoms with van der Waals surface area (Å²) in [6.45, 7) is 2.12. The number of nitrogens with one attached hydrogen (secondary N) is 1. The molecule has 29 heavy (non-hydrogen) atoms. The fourth-order valence-corrected chi connectivity index (χ4v) is 3.38. The number of aryl methyl sites for hydroxylation is 1. The molecule has 6 nitrogen and oxygen atoms in total. The molecule has 0 saturated heterocycles. The van der Waals surface area contributed by atoms with Crippen LogP contribution in [0.15, 0.2) is 71.1 Å². The number of halogens is 1. The number of benzene rings is 2. The van der Waals surface area contributed by atoms with Crippen molar-refractivity contribution in [1.29, 1.82) is 0 Å². The Kier molecular flexibility index (Phi) is 6.36. The summed E-state index contributed by atoms with van der Waals surface area (Å²) in [6, 6.07) is 14.4. The molecule has 150 valence electrons. The molecule has 2 aromatic carbocycles. The van der Waals surface area contributed by atoms with E-state index in [2.05, 4.69) is 9.71 Å². The molecule has 8 heteroatoms. The molecule has 0 aliphatic rings. The molecule has 0 fully saturated rings. The molecule has 0 aliphatic heterocycles. The second-order valence-corrected chi connectivity index (χ2v) is 8.12. The zero-order valence-electron chi connectivity index (χ0n) is 15.7. The van der Waals surface area contributed by atoms with Gasteiger partial charge in [-0.25, -0.2) is 22.5 Å². The molecule has 1 aromatic heterocycles. The van der Waals surface area contributed by atoms with Gasteiger partial charge in [0.2, 0.25) is 10.0 Å². The lowest BCUT2D eigenvalue weighted by Crippen LogP contribution is -2.29. The number of nitrogens with zero attached hydrogens (tertiary/aromatic N) is 2. The van der Waals surface area contributed by atoms with Crippen molar-refractivity contribution in [3.8, 4) is 11.3 Å². The summed E-state index contributed by atoms with van der Waals surface area (Å²) in [4.78, 5) is 16.4. The van der Waals surface area contributed by atoms with Crippen LogP contribution in [0.5, 0.6) is 0 Å². The van der Waals surface area contributed by atoms with Gasteiger partial charge >= 0.3 is 0 Å². The van der Waals surface area contributed by atoms with Crippen molar-refractivity contribution in [2.75, 3.05) is 6.54 Å². The fraction of sp³-hybridized carbons (Fsp3) is 0.143. The first-order valence-electron chi connectivity index (χ1n) is 8.89. The highest BCUT2D eigenvalue weighted by Crippen LogP contribution is 2.15. The Bertz CT molecular complexity index is 1170. The smallest absolute Gasteiger partial charge is 0.253 e. The highest BCUT2D eigenvalue weighted by Gasteiger charge is 2.07. The van der Waals surface area contributed by atoms with Crippen LogP contribution in [-0.2, 0) is 16.6 Å². The van der Waals surface area contributed by atoms with Gasteiger partial charge in [-0.3, -0.25) is 9.36 Å². The lowest BCUT2D eigenvalue weighted by molar-refractivity contribution is 0.577. The minimum atomic E-state index is -3.63. The standard InChI is InChI=1S/C21H20FN3O3S/c1-16-2-4-17(5-3-16)10-13-29(27,28)24-11-12-25-15-23-20(14-21(25)26)18-6-8-19(22)9-7-18/h2-10,13-15,24H,11-12H2,1H3. The maximum atomic E-state index is 13.0. The Hall–Kier alpha value is -3.10. The van der Waals surface area contributed by atoms with E-state index in [0.29, 0.717) is 11.3 Å². The van der Waals surface area contributed by atoms with Crippen LogP contribution in [0.3, 0.4) is 0 Å². The third-order valence-electron chi connectivity index (χ3n) is 4.19. The van der Waals surface area contributed by atoms with Crippen LogP contribution in [0.1, 0.15) is 11.1 Å². The molecule has 3 aromatic rings. The first kappa shape index (κ1) is 20.6. The maximum Gasteiger partial charge on any atom is 0.253 e. The van der Waals surface area contributed by atoms with Crippen LogP contribution in [0.2, 0.25) is 0 Å². The van der Waals surface area contributed by atoms with Gasteiger partial charge in [-0.1, -0.05) is 29.8 Å². The molecule has 0 atom stereocenters. The number of sulfonamides is 1. The lowest BCUT2D eigenvalue weighted by Gasteiger charge is -2.07. The molecule has 0 unspecified atom stereocenters. The average molecular weight is 413 g/mol. The molecular weight excluding hydrogens is 393 g/mol. The second-order valence-electron chi connectivity index (χ2n) is 6.47. The number of rotatable bonds is 7. The van der Waals surface area contributed by atoms with Crippen molar-refractivity contribution in [1.82, 2.24) is 14.3 Å². The maximum absolute atomic E-state index is 13.0. The Morgan fingerprint density at radius 1 is 1.10 bits per heavy atom. The molecule has 0 aliphatic carbocycles. The predicted octanol–water partition coefficient (Wildman–Crippen LogP) is 2.95. The topological polar surface area (TPSA) is 81.1 Å². The normalized spacial score (nSPS) is 11.8. The predicted molar refractivity (Wildman–Crippen MR) is 111 cm³/mol. The molecule has 0 bridgehead atoms. The van der Waals surface area contributed by atoms with E-state index in [0.717, 1.165) is 16.5 Å². The van der Waals surface area contributed by atoms with Crippen LogP contribution in [0, 0.1) is 12.7 Å². The highest BCUT2D eigenvalue weighted by atomic mass is 32.2. The molecule has 1 heterocycles. The minimum absolute atomic E-state index is 0.0397. The van der Waals surface area contributed by atoms with E-state index in [-0.39, 0.29) is 24.5 Å². The third-order valence-corrected chi connectivity index (χ3v) is 5.29. The molecule has 0 amide bonds. The first-order valence-corrected chi connectivity index (χ1v) is 10.4. The van der Waals surface area contributed by atoms with Crippen molar-refractivity contribution in [2.24, 2.45) is 0 Å². The Morgan fingerprint density at radius 2 is 1.79 bits per heavy atom. The van der Waals surface area contributed by atoms with Crippen molar-refractivity contribution in [3.05, 3.63) is 93.6 Å². The Morgan fingerprint density at radius 3 is 2.45 bits per heavy atom. The Balaban J connectivity index is 1.60. The van der Waals surface area contributed by atoms with Crippen molar-refractivity contribution in [2.45, 2.75) is 13.5 Å². The van der Waals surface area contributed by atoms with Gasteiger partial charge < -0.3 is 0 Å². The highest BCUT2D eigenvalue weighted by molar-refractivity contribution is 7.92. The zero-order chi connectivity index (χ0) is 20.9. The largest absolute Gasteiger partial charge is 0.298 e. The molecule has 0 radical (unpaired) electrons. The number of hydrogen-bond donors (Lipinski definition) is 1. The Labute approximate surface area is 168 Å². The number of aromatic nitrogens is 2. The van der Waals surface area contributed by atoms with Gasteiger partial charge in [-0.15, -0.1) is 0 Å². The summed E-state index contributed by atoms with van der Waals surface area (Å²) in [5, 5.41) is 1.09. The zero-order valence-corrected chi connectivity index (χ0v) is 16.6. The van der Waals surface area contributed by atoms with E-state index in [1.165, 1.54) is 47.3 Å². The van der Waals surface area contributed by atoms with Crippen molar-refractivity contribution >= 4 is 16.1 Å². The van der Waals surface area contributed by atoms with Crippen molar-refractivity contribution < 1.29 is 12.8 Å². The SMILES string of the molecule is Cc1ccc(C=CS(=O)(=O)NCCn2cnc(-c3ccc(F)cc3)cc2=O)cc1. The van der Waals surface area contributed by atoms with E-state index < -0.39 is 10.0 Å². The first-order chi connectivity index (χ1) is 13.8. The summed E-state index contributed by atoms with van der Waals surface area (Å²) < 4.78 is 40.9. The molecule has 3 rings (SSSR count). The van der Waals surface area contributed by atoms with Crippen molar-refractivity contribution in [3.63, 3.8) is 0 Å². The average Bonchev–Trinajstić information content (AvgIpc) is 2.69. The summed E-state index contributed by atoms with van der Waals surface area (Å²) in [6.07, 6.45) is 2.85. The van der Waals surface area contributed by atoms with E-state index >= 15 is 0 Å². The van der Waals surface area contributed by atoms with Gasteiger partial charge in [0.05, 0.1) is 12.0 Å². The van der Waals surface area contributed by atoms with Crippen LogP contribution in [-0.4, -0.2) is 24.5 Å². The van der Waals surface area contributed by atoms with Gasteiger partial charge in [0, 0.05) is 30.1 Å². The summed E-state index contributed by atoms with van der Waals surface area (Å²) in [5.74, 6) is -0.370. The summed E-state index contributed by atoms with van der Waals surface area (Å²) in [7, 11) is -3.63. The lowest BCUT2D eigenvalue weighted by atomic mass is 10.1. The monoisotopic (exact) mass is 413 g/mol. The van der Waals surface area contributed by atoms with E-state index in [9.17, 15) is 17.6 Å².